The van der Waals surface area contributed by atoms with Crippen molar-refractivity contribution in [3.63, 3.8) is 0 Å². The molecule has 29 heavy (non-hydrogen) atoms. The molecular formula is C21H23FN4O2S. The number of halogens is 1. The van der Waals surface area contributed by atoms with E-state index in [4.69, 9.17) is 0 Å². The molecule has 1 aliphatic heterocycles. The minimum Gasteiger partial charge on any atom is -0.387 e. The predicted molar refractivity (Wildman–Crippen MR) is 113 cm³/mol. The van der Waals surface area contributed by atoms with Crippen molar-refractivity contribution in [3.8, 4) is 0 Å². The van der Waals surface area contributed by atoms with Crippen molar-refractivity contribution in [2.75, 3.05) is 50.5 Å². The number of pyridine rings is 1. The molecule has 3 aromatic rings. The Labute approximate surface area is 169 Å². The third kappa shape index (κ3) is 3.54. The highest BCUT2D eigenvalue weighted by Crippen LogP contribution is 2.39. The van der Waals surface area contributed by atoms with Gasteiger partial charge in [-0.2, -0.15) is 0 Å². The van der Waals surface area contributed by atoms with Gasteiger partial charge in [-0.1, -0.05) is 6.07 Å². The number of aromatic nitrogens is 1. The fourth-order valence-corrected chi connectivity index (χ4v) is 5.39. The molecular weight excluding hydrogens is 391 g/mol. The Morgan fingerprint density at radius 2 is 1.83 bits per heavy atom. The first-order chi connectivity index (χ1) is 13.9. The molecule has 1 saturated heterocycles. The van der Waals surface area contributed by atoms with Crippen LogP contribution in [-0.2, 0) is 9.84 Å². The maximum atomic E-state index is 13.7. The van der Waals surface area contributed by atoms with Crippen LogP contribution in [0.25, 0.3) is 10.9 Å². The lowest BCUT2D eigenvalue weighted by molar-refractivity contribution is 0.313. The van der Waals surface area contributed by atoms with Gasteiger partial charge < -0.3 is 15.1 Å². The van der Waals surface area contributed by atoms with E-state index >= 15 is 0 Å². The van der Waals surface area contributed by atoms with Crippen molar-refractivity contribution in [2.24, 2.45) is 0 Å². The highest BCUT2D eigenvalue weighted by Gasteiger charge is 2.28. The lowest BCUT2D eigenvalue weighted by Crippen LogP contribution is -2.44. The van der Waals surface area contributed by atoms with E-state index in [2.05, 4.69) is 27.1 Å². The van der Waals surface area contributed by atoms with E-state index in [9.17, 15) is 12.8 Å². The molecule has 0 amide bonds. The summed E-state index contributed by atoms with van der Waals surface area (Å²) in [5, 5.41) is 3.55. The maximum Gasteiger partial charge on any atom is 0.209 e. The molecule has 0 aliphatic carbocycles. The second-order valence-electron chi connectivity index (χ2n) is 7.17. The molecule has 1 aromatic heterocycles. The molecule has 0 radical (unpaired) electrons. The SMILES string of the molecule is CNc1cc(N2CCN(C)CC2)c2ncccc2c1S(=O)(=O)c1cccc(F)c1. The summed E-state index contributed by atoms with van der Waals surface area (Å²) in [7, 11) is -0.181. The third-order valence-electron chi connectivity index (χ3n) is 5.31. The van der Waals surface area contributed by atoms with Crippen LogP contribution in [0.2, 0.25) is 0 Å². The van der Waals surface area contributed by atoms with E-state index < -0.39 is 15.7 Å². The molecule has 0 saturated carbocycles. The van der Waals surface area contributed by atoms with Gasteiger partial charge in [0.15, 0.2) is 0 Å². The highest BCUT2D eigenvalue weighted by molar-refractivity contribution is 7.92. The Bertz CT molecular complexity index is 1160. The lowest BCUT2D eigenvalue weighted by Gasteiger charge is -2.35. The summed E-state index contributed by atoms with van der Waals surface area (Å²) in [5.41, 5.74) is 2.01. The molecule has 8 heteroatoms. The van der Waals surface area contributed by atoms with E-state index in [0.717, 1.165) is 37.9 Å². The minimum absolute atomic E-state index is 0.0773. The van der Waals surface area contributed by atoms with Gasteiger partial charge in [0.1, 0.15) is 10.7 Å². The molecule has 2 aromatic carbocycles. The van der Waals surface area contributed by atoms with Crippen LogP contribution in [0.1, 0.15) is 0 Å². The molecule has 0 bridgehead atoms. The molecule has 0 atom stereocenters. The minimum atomic E-state index is -3.96. The molecule has 0 unspecified atom stereocenters. The van der Waals surface area contributed by atoms with E-state index in [-0.39, 0.29) is 9.79 Å². The zero-order valence-corrected chi connectivity index (χ0v) is 17.2. The summed E-state index contributed by atoms with van der Waals surface area (Å²) in [6.07, 6.45) is 1.67. The maximum absolute atomic E-state index is 13.7. The summed E-state index contributed by atoms with van der Waals surface area (Å²) in [4.78, 5) is 9.04. The largest absolute Gasteiger partial charge is 0.387 e. The van der Waals surface area contributed by atoms with E-state index in [1.165, 1.54) is 18.2 Å². The van der Waals surface area contributed by atoms with Crippen LogP contribution in [-0.4, -0.2) is 58.6 Å². The zero-order valence-electron chi connectivity index (χ0n) is 16.4. The summed E-state index contributed by atoms with van der Waals surface area (Å²) in [5.74, 6) is -0.589. The fourth-order valence-electron chi connectivity index (χ4n) is 3.72. The molecule has 4 rings (SSSR count). The summed E-state index contributed by atoms with van der Waals surface area (Å²) >= 11 is 0. The van der Waals surface area contributed by atoms with Crippen molar-refractivity contribution in [2.45, 2.75) is 9.79 Å². The number of anilines is 2. The molecule has 1 aliphatic rings. The van der Waals surface area contributed by atoms with Crippen LogP contribution in [0.15, 0.2) is 58.5 Å². The normalized spacial score (nSPS) is 15.6. The van der Waals surface area contributed by atoms with Crippen molar-refractivity contribution >= 4 is 32.1 Å². The first-order valence-corrected chi connectivity index (χ1v) is 10.9. The first-order valence-electron chi connectivity index (χ1n) is 9.45. The Balaban J connectivity index is 1.95. The zero-order chi connectivity index (χ0) is 20.6. The lowest BCUT2D eigenvalue weighted by atomic mass is 10.1. The second kappa shape index (κ2) is 7.61. The van der Waals surface area contributed by atoms with Gasteiger partial charge in [-0.25, -0.2) is 12.8 Å². The average molecular weight is 415 g/mol. The van der Waals surface area contributed by atoms with E-state index in [0.29, 0.717) is 16.6 Å². The van der Waals surface area contributed by atoms with Crippen LogP contribution in [0.5, 0.6) is 0 Å². The summed E-state index contributed by atoms with van der Waals surface area (Å²) < 4.78 is 40.7. The smallest absolute Gasteiger partial charge is 0.209 e. The fraction of sp³-hybridized carbons (Fsp3) is 0.286. The quantitative estimate of drug-likeness (QED) is 0.708. The molecule has 1 fully saturated rings. The highest BCUT2D eigenvalue weighted by atomic mass is 32.2. The van der Waals surface area contributed by atoms with Gasteiger partial charge >= 0.3 is 0 Å². The van der Waals surface area contributed by atoms with Gasteiger partial charge in [-0.3, -0.25) is 4.98 Å². The summed E-state index contributed by atoms with van der Waals surface area (Å²) in [6.45, 7) is 3.52. The number of hydrogen-bond donors (Lipinski definition) is 1. The number of nitrogens with one attached hydrogen (secondary N) is 1. The monoisotopic (exact) mass is 414 g/mol. The number of piperazine rings is 1. The topological polar surface area (TPSA) is 65.5 Å². The third-order valence-corrected chi connectivity index (χ3v) is 7.16. The molecule has 152 valence electrons. The van der Waals surface area contributed by atoms with Crippen molar-refractivity contribution < 1.29 is 12.8 Å². The molecule has 6 nitrogen and oxygen atoms in total. The van der Waals surface area contributed by atoms with Crippen LogP contribution in [0, 0.1) is 5.82 Å². The standard InChI is InChI=1S/C21H23FN4O2S/c1-23-18-14-19(26-11-9-25(2)10-12-26)20-17(7-4-8-24-20)21(18)29(27,28)16-6-3-5-15(22)13-16/h3-8,13-14,23H,9-12H2,1-2H3. The summed E-state index contributed by atoms with van der Waals surface area (Å²) in [6, 6.07) is 10.4. The number of fused-ring (bicyclic) bond motifs is 1. The second-order valence-corrected chi connectivity index (χ2v) is 9.06. The Morgan fingerprint density at radius 1 is 1.07 bits per heavy atom. The molecule has 2 heterocycles. The van der Waals surface area contributed by atoms with Crippen LogP contribution in [0.4, 0.5) is 15.8 Å². The number of hydrogen-bond acceptors (Lipinski definition) is 6. The Kier molecular flexibility index (Phi) is 5.14. The van der Waals surface area contributed by atoms with Crippen molar-refractivity contribution in [1.29, 1.82) is 0 Å². The van der Waals surface area contributed by atoms with Crippen LogP contribution in [0.3, 0.4) is 0 Å². The number of likely N-dealkylation sites (N-methyl/N-ethyl adjacent to an activating group) is 1. The number of benzene rings is 2. The van der Waals surface area contributed by atoms with Gasteiger partial charge in [0.05, 0.1) is 21.8 Å². The Hall–Kier alpha value is -2.71. The Morgan fingerprint density at radius 3 is 2.52 bits per heavy atom. The number of nitrogens with zero attached hydrogens (tertiary/aromatic N) is 3. The van der Waals surface area contributed by atoms with Crippen LogP contribution < -0.4 is 10.2 Å². The van der Waals surface area contributed by atoms with E-state index in [1.807, 2.05) is 6.07 Å². The number of sulfone groups is 1. The van der Waals surface area contributed by atoms with Gasteiger partial charge in [-0.05, 0) is 43.4 Å². The van der Waals surface area contributed by atoms with Crippen molar-refractivity contribution in [1.82, 2.24) is 9.88 Å². The average Bonchev–Trinajstić information content (AvgIpc) is 2.73. The van der Waals surface area contributed by atoms with Gasteiger partial charge in [0, 0.05) is 44.8 Å². The molecule has 1 N–H and O–H groups in total. The molecule has 0 spiro atoms. The number of rotatable bonds is 4. The van der Waals surface area contributed by atoms with Crippen LogP contribution >= 0.6 is 0 Å². The predicted octanol–water partition coefficient (Wildman–Crippen LogP) is 3.00. The van der Waals surface area contributed by atoms with Gasteiger partial charge in [-0.15, -0.1) is 0 Å². The van der Waals surface area contributed by atoms with Gasteiger partial charge in [0.25, 0.3) is 0 Å². The first kappa shape index (κ1) is 19.6. The van der Waals surface area contributed by atoms with Crippen molar-refractivity contribution in [3.05, 3.63) is 54.5 Å². The van der Waals surface area contributed by atoms with Gasteiger partial charge in [0.2, 0.25) is 9.84 Å². The van der Waals surface area contributed by atoms with E-state index in [1.54, 1.807) is 25.4 Å².